The zero-order chi connectivity index (χ0) is 31.9. The molecule has 10 nitrogen and oxygen atoms in total. The van der Waals surface area contributed by atoms with E-state index in [-0.39, 0.29) is 24.9 Å². The van der Waals surface area contributed by atoms with Crippen LogP contribution in [0.1, 0.15) is 27.0 Å². The average Bonchev–Trinajstić information content (AvgIpc) is 3.06. The van der Waals surface area contributed by atoms with Crippen molar-refractivity contribution in [3.05, 3.63) is 134 Å². The van der Waals surface area contributed by atoms with Crippen LogP contribution in [0.15, 0.2) is 101 Å². The van der Waals surface area contributed by atoms with Crippen LogP contribution in [-0.2, 0) is 24.3 Å². The van der Waals surface area contributed by atoms with E-state index in [9.17, 15) is 19.2 Å². The number of rotatable bonds is 11. The first-order valence-electron chi connectivity index (χ1n) is 14.4. The van der Waals surface area contributed by atoms with E-state index in [2.05, 4.69) is 10.6 Å². The van der Waals surface area contributed by atoms with Crippen LogP contribution in [0.2, 0.25) is 0 Å². The number of hydrogen-bond donors (Lipinski definition) is 2. The summed E-state index contributed by atoms with van der Waals surface area (Å²) in [7, 11) is 3.15. The third-order valence-electron chi connectivity index (χ3n) is 7.56. The number of carbonyl (C=O) groups is 2. The van der Waals surface area contributed by atoms with Crippen LogP contribution < -0.4 is 31.4 Å². The summed E-state index contributed by atoms with van der Waals surface area (Å²) in [6, 6.07) is 26.4. The van der Waals surface area contributed by atoms with Crippen LogP contribution in [0.5, 0.6) is 11.5 Å². The number of para-hydroxylation sites is 2. The van der Waals surface area contributed by atoms with Crippen molar-refractivity contribution in [2.24, 2.45) is 0 Å². The Morgan fingerprint density at radius 2 is 1.47 bits per heavy atom. The first kappa shape index (κ1) is 30.8. The standard InChI is InChI=1S/C35H34N4O6/c1-23-8-4-6-10-28(23)37-32(40)22-38-29-11-7-5-9-27(29)34(42)39(35(38)43)21-25-12-15-26(16-13-25)33(41)36-19-18-24-14-17-30(44-2)31(20-24)45-3/h4-17,20H,18-19,21-22H2,1-3H3,(H,36,41)(H,37,40). The predicted octanol–water partition coefficient (Wildman–Crippen LogP) is 4.15. The molecule has 1 aromatic heterocycles. The van der Waals surface area contributed by atoms with Crippen LogP contribution in [0.3, 0.4) is 0 Å². The topological polar surface area (TPSA) is 121 Å². The van der Waals surface area contributed by atoms with Crippen LogP contribution in [0.4, 0.5) is 5.69 Å². The Hall–Kier alpha value is -5.64. The number of aromatic nitrogens is 2. The van der Waals surface area contributed by atoms with E-state index in [0.717, 1.165) is 15.7 Å². The third-order valence-corrected chi connectivity index (χ3v) is 7.56. The number of aryl methyl sites for hydroxylation is 1. The zero-order valence-corrected chi connectivity index (χ0v) is 25.3. The van der Waals surface area contributed by atoms with Crippen molar-refractivity contribution in [1.29, 1.82) is 0 Å². The van der Waals surface area contributed by atoms with Gasteiger partial charge in [0.15, 0.2) is 11.5 Å². The molecule has 2 N–H and O–H groups in total. The molecule has 0 radical (unpaired) electrons. The van der Waals surface area contributed by atoms with Gasteiger partial charge >= 0.3 is 5.69 Å². The first-order chi connectivity index (χ1) is 21.8. The van der Waals surface area contributed by atoms with E-state index in [1.807, 2.05) is 43.3 Å². The van der Waals surface area contributed by atoms with Gasteiger partial charge in [0.2, 0.25) is 5.91 Å². The van der Waals surface area contributed by atoms with Crippen LogP contribution >= 0.6 is 0 Å². The Morgan fingerprint density at radius 1 is 0.778 bits per heavy atom. The summed E-state index contributed by atoms with van der Waals surface area (Å²) in [4.78, 5) is 52.8. The quantitative estimate of drug-likeness (QED) is 0.233. The molecule has 0 unspecified atom stereocenters. The lowest BCUT2D eigenvalue weighted by Gasteiger charge is -2.15. The molecular formula is C35H34N4O6. The molecule has 0 spiro atoms. The predicted molar refractivity (Wildman–Crippen MR) is 173 cm³/mol. The molecule has 0 aliphatic rings. The summed E-state index contributed by atoms with van der Waals surface area (Å²) in [5.74, 6) is 0.633. The number of amides is 2. The van der Waals surface area contributed by atoms with E-state index in [4.69, 9.17) is 9.47 Å². The molecule has 10 heteroatoms. The van der Waals surface area contributed by atoms with Crippen molar-refractivity contribution in [1.82, 2.24) is 14.5 Å². The number of hydrogen-bond acceptors (Lipinski definition) is 6. The van der Waals surface area contributed by atoms with Gasteiger partial charge in [-0.3, -0.25) is 23.5 Å². The maximum Gasteiger partial charge on any atom is 0.332 e. The number of benzene rings is 4. The van der Waals surface area contributed by atoms with Crippen molar-refractivity contribution in [2.75, 3.05) is 26.1 Å². The molecule has 0 fully saturated rings. The molecule has 5 aromatic rings. The Balaban J connectivity index is 1.30. The normalized spacial score (nSPS) is 10.8. The maximum atomic E-state index is 13.6. The van der Waals surface area contributed by atoms with Gasteiger partial charge in [-0.05, 0) is 72.5 Å². The SMILES string of the molecule is COc1ccc(CCNC(=O)c2ccc(Cn3c(=O)c4ccccc4n(CC(=O)Nc4ccccc4C)c3=O)cc2)cc1OC. The average molecular weight is 607 g/mol. The van der Waals surface area contributed by atoms with Gasteiger partial charge in [0, 0.05) is 17.8 Å². The molecule has 4 aromatic carbocycles. The number of fused-ring (bicyclic) bond motifs is 1. The molecule has 2 amide bonds. The van der Waals surface area contributed by atoms with Crippen molar-refractivity contribution in [2.45, 2.75) is 26.4 Å². The largest absolute Gasteiger partial charge is 0.493 e. The van der Waals surface area contributed by atoms with E-state index in [1.165, 1.54) is 4.57 Å². The van der Waals surface area contributed by atoms with Gasteiger partial charge in [-0.2, -0.15) is 0 Å². The van der Waals surface area contributed by atoms with E-state index in [1.54, 1.807) is 68.8 Å². The van der Waals surface area contributed by atoms with Gasteiger partial charge in [0.1, 0.15) is 6.54 Å². The second-order valence-corrected chi connectivity index (χ2v) is 10.5. The lowest BCUT2D eigenvalue weighted by molar-refractivity contribution is -0.116. The molecule has 0 atom stereocenters. The maximum absolute atomic E-state index is 13.6. The minimum Gasteiger partial charge on any atom is -0.493 e. The van der Waals surface area contributed by atoms with Crippen LogP contribution in [0, 0.1) is 6.92 Å². The number of anilines is 1. The van der Waals surface area contributed by atoms with E-state index in [0.29, 0.717) is 52.2 Å². The number of carbonyl (C=O) groups excluding carboxylic acids is 2. The van der Waals surface area contributed by atoms with Gasteiger partial charge in [0.05, 0.1) is 31.7 Å². The highest BCUT2D eigenvalue weighted by molar-refractivity contribution is 5.94. The van der Waals surface area contributed by atoms with Gasteiger partial charge in [0.25, 0.3) is 11.5 Å². The highest BCUT2D eigenvalue weighted by Gasteiger charge is 2.16. The molecular weight excluding hydrogens is 572 g/mol. The Labute approximate surface area is 259 Å². The summed E-state index contributed by atoms with van der Waals surface area (Å²) < 4.78 is 13.0. The van der Waals surface area contributed by atoms with Gasteiger partial charge < -0.3 is 20.1 Å². The second-order valence-electron chi connectivity index (χ2n) is 10.5. The minimum absolute atomic E-state index is 0.0247. The molecule has 1 heterocycles. The van der Waals surface area contributed by atoms with Gasteiger partial charge in [-0.25, -0.2) is 4.79 Å². The third kappa shape index (κ3) is 6.96. The number of methoxy groups -OCH3 is 2. The van der Waals surface area contributed by atoms with Crippen molar-refractivity contribution < 1.29 is 19.1 Å². The monoisotopic (exact) mass is 606 g/mol. The Morgan fingerprint density at radius 3 is 2.20 bits per heavy atom. The molecule has 45 heavy (non-hydrogen) atoms. The zero-order valence-electron chi connectivity index (χ0n) is 25.3. The number of nitrogens with zero attached hydrogens (tertiary/aromatic N) is 2. The van der Waals surface area contributed by atoms with E-state index < -0.39 is 11.2 Å². The smallest absolute Gasteiger partial charge is 0.332 e. The fourth-order valence-electron chi connectivity index (χ4n) is 5.11. The van der Waals surface area contributed by atoms with E-state index >= 15 is 0 Å². The molecule has 0 saturated heterocycles. The van der Waals surface area contributed by atoms with Crippen molar-refractivity contribution >= 4 is 28.4 Å². The fourth-order valence-corrected chi connectivity index (χ4v) is 5.11. The highest BCUT2D eigenvalue weighted by atomic mass is 16.5. The Bertz CT molecular complexity index is 1980. The summed E-state index contributed by atoms with van der Waals surface area (Å²) in [5, 5.41) is 6.09. The minimum atomic E-state index is -0.601. The van der Waals surface area contributed by atoms with Gasteiger partial charge in [-0.15, -0.1) is 0 Å². The van der Waals surface area contributed by atoms with Crippen LogP contribution in [-0.4, -0.2) is 41.7 Å². The molecule has 0 aliphatic heterocycles. The van der Waals surface area contributed by atoms with Gasteiger partial charge in [-0.1, -0.05) is 48.5 Å². The second kappa shape index (κ2) is 13.8. The molecule has 0 aliphatic carbocycles. The summed E-state index contributed by atoms with van der Waals surface area (Å²) in [5.41, 5.74) is 2.95. The molecule has 0 bridgehead atoms. The Kier molecular flexibility index (Phi) is 9.43. The first-order valence-corrected chi connectivity index (χ1v) is 14.4. The van der Waals surface area contributed by atoms with Crippen LogP contribution in [0.25, 0.3) is 10.9 Å². The lowest BCUT2D eigenvalue weighted by Crippen LogP contribution is -2.42. The van der Waals surface area contributed by atoms with Crippen molar-refractivity contribution in [3.8, 4) is 11.5 Å². The molecule has 230 valence electrons. The molecule has 0 saturated carbocycles. The molecule has 5 rings (SSSR count). The number of nitrogens with one attached hydrogen (secondary N) is 2. The highest BCUT2D eigenvalue weighted by Crippen LogP contribution is 2.27. The summed E-state index contributed by atoms with van der Waals surface area (Å²) >= 11 is 0. The summed E-state index contributed by atoms with van der Waals surface area (Å²) in [6.07, 6.45) is 0.602. The fraction of sp³-hybridized carbons (Fsp3) is 0.200. The summed E-state index contributed by atoms with van der Waals surface area (Å²) in [6.45, 7) is 2.01. The van der Waals surface area contributed by atoms with Crippen molar-refractivity contribution in [3.63, 3.8) is 0 Å². The lowest BCUT2D eigenvalue weighted by atomic mass is 10.1. The number of ether oxygens (including phenoxy) is 2.